The Balaban J connectivity index is 1.66. The lowest BCUT2D eigenvalue weighted by molar-refractivity contribution is 0.369. The van der Waals surface area contributed by atoms with E-state index in [2.05, 4.69) is 21.6 Å². The van der Waals surface area contributed by atoms with Gasteiger partial charge in [-0.2, -0.15) is 5.10 Å². The Labute approximate surface area is 104 Å². The minimum absolute atomic E-state index is 0.672. The van der Waals surface area contributed by atoms with E-state index in [0.29, 0.717) is 6.54 Å². The zero-order chi connectivity index (χ0) is 12.4. The SMILES string of the molecule is Cc1cc(CNCc2cnn3ccccc23)on1. The Morgan fingerprint density at radius 1 is 1.33 bits per heavy atom. The van der Waals surface area contributed by atoms with Crippen LogP contribution in [0.5, 0.6) is 0 Å². The van der Waals surface area contributed by atoms with E-state index in [-0.39, 0.29) is 0 Å². The third-order valence-electron chi connectivity index (χ3n) is 2.80. The second kappa shape index (κ2) is 4.62. The first kappa shape index (κ1) is 11.0. The number of hydrogen-bond donors (Lipinski definition) is 1. The van der Waals surface area contributed by atoms with Crippen molar-refractivity contribution in [3.05, 3.63) is 53.7 Å². The molecule has 1 N–H and O–H groups in total. The summed E-state index contributed by atoms with van der Waals surface area (Å²) in [4.78, 5) is 0. The number of rotatable bonds is 4. The molecule has 0 aromatic carbocycles. The molecule has 0 aliphatic heterocycles. The Bertz CT molecular complexity index is 656. The molecule has 0 unspecified atom stereocenters. The second-order valence-electron chi connectivity index (χ2n) is 4.24. The molecule has 0 saturated carbocycles. The lowest BCUT2D eigenvalue weighted by atomic mass is 10.2. The van der Waals surface area contributed by atoms with Crippen LogP contribution < -0.4 is 5.32 Å². The predicted molar refractivity (Wildman–Crippen MR) is 67.0 cm³/mol. The standard InChI is InChI=1S/C13H14N4O/c1-10-6-12(18-16-10)9-14-7-11-8-15-17-5-3-2-4-13(11)17/h2-6,8,14H,7,9H2,1H3. The summed E-state index contributed by atoms with van der Waals surface area (Å²) in [6.07, 6.45) is 3.83. The van der Waals surface area contributed by atoms with Crippen LogP contribution in [0.3, 0.4) is 0 Å². The number of nitrogens with one attached hydrogen (secondary N) is 1. The van der Waals surface area contributed by atoms with Gasteiger partial charge in [0.15, 0.2) is 5.76 Å². The molecule has 0 aliphatic rings. The van der Waals surface area contributed by atoms with Gasteiger partial charge in [0, 0.05) is 24.4 Å². The second-order valence-corrected chi connectivity index (χ2v) is 4.24. The molecule has 0 radical (unpaired) electrons. The average Bonchev–Trinajstić information content (AvgIpc) is 2.97. The molecule has 0 atom stereocenters. The molecule has 0 spiro atoms. The van der Waals surface area contributed by atoms with Crippen molar-refractivity contribution in [2.75, 3.05) is 0 Å². The minimum Gasteiger partial charge on any atom is -0.360 e. The van der Waals surface area contributed by atoms with E-state index in [1.807, 2.05) is 42.0 Å². The molecule has 5 heteroatoms. The van der Waals surface area contributed by atoms with E-state index >= 15 is 0 Å². The summed E-state index contributed by atoms with van der Waals surface area (Å²) in [5.41, 5.74) is 3.20. The predicted octanol–water partition coefficient (Wildman–Crippen LogP) is 1.92. The van der Waals surface area contributed by atoms with Gasteiger partial charge in [0.2, 0.25) is 0 Å². The van der Waals surface area contributed by atoms with Crippen LogP contribution in [0.25, 0.3) is 5.52 Å². The molecule has 18 heavy (non-hydrogen) atoms. The average molecular weight is 242 g/mol. The van der Waals surface area contributed by atoms with E-state index < -0.39 is 0 Å². The van der Waals surface area contributed by atoms with Crippen molar-refractivity contribution in [2.24, 2.45) is 0 Å². The van der Waals surface area contributed by atoms with E-state index in [4.69, 9.17) is 4.52 Å². The Hall–Kier alpha value is -2.14. The zero-order valence-electron chi connectivity index (χ0n) is 10.1. The zero-order valence-corrected chi connectivity index (χ0v) is 10.1. The van der Waals surface area contributed by atoms with Crippen molar-refractivity contribution in [2.45, 2.75) is 20.0 Å². The van der Waals surface area contributed by atoms with Crippen LogP contribution >= 0.6 is 0 Å². The summed E-state index contributed by atoms with van der Waals surface area (Å²) >= 11 is 0. The molecular weight excluding hydrogens is 228 g/mol. The first-order valence-corrected chi connectivity index (χ1v) is 5.87. The topological polar surface area (TPSA) is 55.4 Å². The molecule has 0 saturated heterocycles. The first-order valence-electron chi connectivity index (χ1n) is 5.87. The van der Waals surface area contributed by atoms with E-state index in [1.165, 1.54) is 5.56 Å². The Kier molecular flexibility index (Phi) is 2.82. The van der Waals surface area contributed by atoms with Gasteiger partial charge in [-0.05, 0) is 19.1 Å². The van der Waals surface area contributed by atoms with E-state index in [9.17, 15) is 0 Å². The van der Waals surface area contributed by atoms with Crippen molar-refractivity contribution in [3.63, 3.8) is 0 Å². The number of pyridine rings is 1. The fourth-order valence-electron chi connectivity index (χ4n) is 1.94. The molecule has 3 rings (SSSR count). The number of aromatic nitrogens is 3. The van der Waals surface area contributed by atoms with Crippen LogP contribution in [0.2, 0.25) is 0 Å². The third-order valence-corrected chi connectivity index (χ3v) is 2.80. The lowest BCUT2D eigenvalue weighted by Gasteiger charge is -2.00. The molecule has 0 bridgehead atoms. The van der Waals surface area contributed by atoms with E-state index in [0.717, 1.165) is 23.5 Å². The molecule has 92 valence electrons. The summed E-state index contributed by atoms with van der Waals surface area (Å²) in [6, 6.07) is 7.97. The highest BCUT2D eigenvalue weighted by molar-refractivity contribution is 5.53. The maximum atomic E-state index is 5.14. The van der Waals surface area contributed by atoms with E-state index in [1.54, 1.807) is 0 Å². The molecule has 3 heterocycles. The smallest absolute Gasteiger partial charge is 0.150 e. The molecule has 0 amide bonds. The van der Waals surface area contributed by atoms with Crippen LogP contribution in [0, 0.1) is 6.92 Å². The van der Waals surface area contributed by atoms with Crippen LogP contribution in [0.1, 0.15) is 17.0 Å². The first-order chi connectivity index (χ1) is 8.83. The van der Waals surface area contributed by atoms with Crippen molar-refractivity contribution in [1.82, 2.24) is 20.1 Å². The van der Waals surface area contributed by atoms with Crippen molar-refractivity contribution < 1.29 is 4.52 Å². The van der Waals surface area contributed by atoms with Gasteiger partial charge < -0.3 is 9.84 Å². The monoisotopic (exact) mass is 242 g/mol. The number of fused-ring (bicyclic) bond motifs is 1. The number of hydrogen-bond acceptors (Lipinski definition) is 4. The number of nitrogens with zero attached hydrogens (tertiary/aromatic N) is 3. The Morgan fingerprint density at radius 3 is 3.11 bits per heavy atom. The minimum atomic E-state index is 0.672. The molecule has 0 aliphatic carbocycles. The van der Waals surface area contributed by atoms with Gasteiger partial charge in [0.1, 0.15) is 0 Å². The van der Waals surface area contributed by atoms with Crippen LogP contribution in [0.15, 0.2) is 41.2 Å². The molecule has 3 aromatic rings. The summed E-state index contributed by atoms with van der Waals surface area (Å²) in [5.74, 6) is 0.851. The fraction of sp³-hybridized carbons (Fsp3) is 0.231. The van der Waals surface area contributed by atoms with Gasteiger partial charge in [-0.1, -0.05) is 11.2 Å². The van der Waals surface area contributed by atoms with Crippen LogP contribution in [-0.4, -0.2) is 14.8 Å². The molecule has 3 aromatic heterocycles. The maximum absolute atomic E-state index is 5.14. The van der Waals surface area contributed by atoms with Crippen LogP contribution in [0.4, 0.5) is 0 Å². The molecular formula is C13H14N4O. The summed E-state index contributed by atoms with van der Waals surface area (Å²) in [5, 5.41) is 11.5. The summed E-state index contributed by atoms with van der Waals surface area (Å²) < 4.78 is 7.01. The highest BCUT2D eigenvalue weighted by atomic mass is 16.5. The normalized spacial score (nSPS) is 11.2. The third kappa shape index (κ3) is 2.12. The van der Waals surface area contributed by atoms with Crippen molar-refractivity contribution >= 4 is 5.52 Å². The van der Waals surface area contributed by atoms with Gasteiger partial charge in [-0.15, -0.1) is 0 Å². The van der Waals surface area contributed by atoms with Gasteiger partial charge >= 0.3 is 0 Å². The molecule has 5 nitrogen and oxygen atoms in total. The van der Waals surface area contributed by atoms with Crippen LogP contribution in [-0.2, 0) is 13.1 Å². The van der Waals surface area contributed by atoms with Crippen molar-refractivity contribution in [1.29, 1.82) is 0 Å². The highest BCUT2D eigenvalue weighted by Crippen LogP contribution is 2.10. The summed E-state index contributed by atoms with van der Waals surface area (Å²) in [6.45, 7) is 3.34. The van der Waals surface area contributed by atoms with Gasteiger partial charge in [0.25, 0.3) is 0 Å². The van der Waals surface area contributed by atoms with Crippen molar-refractivity contribution in [3.8, 4) is 0 Å². The Morgan fingerprint density at radius 2 is 2.28 bits per heavy atom. The quantitative estimate of drug-likeness (QED) is 0.759. The molecule has 0 fully saturated rings. The van der Waals surface area contributed by atoms with Gasteiger partial charge in [-0.25, -0.2) is 4.52 Å². The lowest BCUT2D eigenvalue weighted by Crippen LogP contribution is -2.11. The highest BCUT2D eigenvalue weighted by Gasteiger charge is 2.04. The number of aryl methyl sites for hydroxylation is 1. The summed E-state index contributed by atoms with van der Waals surface area (Å²) in [7, 11) is 0. The largest absolute Gasteiger partial charge is 0.360 e. The van der Waals surface area contributed by atoms with Gasteiger partial charge in [-0.3, -0.25) is 0 Å². The maximum Gasteiger partial charge on any atom is 0.150 e. The van der Waals surface area contributed by atoms with Gasteiger partial charge in [0.05, 0.1) is 24.0 Å². The fourth-order valence-corrected chi connectivity index (χ4v) is 1.94.